The van der Waals surface area contributed by atoms with Gasteiger partial charge in [-0.25, -0.2) is 0 Å². The molecule has 0 saturated carbocycles. The molecule has 0 saturated heterocycles. The van der Waals surface area contributed by atoms with E-state index < -0.39 is 0 Å². The van der Waals surface area contributed by atoms with Gasteiger partial charge >= 0.3 is 11.9 Å². The van der Waals surface area contributed by atoms with Gasteiger partial charge in [-0.3, -0.25) is 9.59 Å². The van der Waals surface area contributed by atoms with Gasteiger partial charge in [0.05, 0.1) is 0 Å². The van der Waals surface area contributed by atoms with Crippen LogP contribution in [0.1, 0.15) is 111 Å². The van der Waals surface area contributed by atoms with Crippen molar-refractivity contribution in [3.8, 4) is 11.5 Å². The fraction of sp³-hybridized carbons (Fsp3) is 0.704. The number of ether oxygens (including phenoxy) is 2. The summed E-state index contributed by atoms with van der Waals surface area (Å²) < 4.78 is 11.2. The Hall–Kier alpha value is -1.84. The van der Waals surface area contributed by atoms with Gasteiger partial charge in [0.1, 0.15) is 0 Å². The summed E-state index contributed by atoms with van der Waals surface area (Å²) in [5.74, 6) is 1.31. The van der Waals surface area contributed by atoms with Crippen molar-refractivity contribution in [2.45, 2.75) is 112 Å². The van der Waals surface area contributed by atoms with Crippen LogP contribution in [0.5, 0.6) is 11.5 Å². The van der Waals surface area contributed by atoms with Gasteiger partial charge in [0.25, 0.3) is 0 Å². The molecule has 0 spiro atoms. The van der Waals surface area contributed by atoms with Gasteiger partial charge in [-0.2, -0.15) is 0 Å². The van der Waals surface area contributed by atoms with E-state index in [0.29, 0.717) is 36.2 Å². The Labute approximate surface area is 190 Å². The van der Waals surface area contributed by atoms with Crippen LogP contribution in [0.4, 0.5) is 0 Å². The highest BCUT2D eigenvalue weighted by Crippen LogP contribution is 2.30. The normalized spacial score (nSPS) is 11.2. The zero-order valence-electron chi connectivity index (χ0n) is 20.5. The zero-order chi connectivity index (χ0) is 23.1. The number of unbranched alkanes of at least 4 members (excludes halogenated alkanes) is 4. The van der Waals surface area contributed by atoms with E-state index in [2.05, 4.69) is 34.6 Å². The first kappa shape index (κ1) is 27.2. The summed E-state index contributed by atoms with van der Waals surface area (Å²) in [5, 5.41) is 0. The second-order valence-electron chi connectivity index (χ2n) is 9.47. The minimum Gasteiger partial charge on any atom is -0.423 e. The highest BCUT2D eigenvalue weighted by Gasteiger charge is 2.15. The molecular weight excluding hydrogens is 388 g/mol. The molecule has 1 rings (SSSR count). The smallest absolute Gasteiger partial charge is 0.311 e. The van der Waals surface area contributed by atoms with Crippen molar-refractivity contribution >= 4 is 11.9 Å². The second-order valence-corrected chi connectivity index (χ2v) is 9.47. The van der Waals surface area contributed by atoms with E-state index in [4.69, 9.17) is 9.47 Å². The third-order valence-corrected chi connectivity index (χ3v) is 5.35. The molecule has 176 valence electrons. The fourth-order valence-electron chi connectivity index (χ4n) is 3.46. The lowest BCUT2D eigenvalue weighted by atomic mass is 10.0. The average Bonchev–Trinajstić information content (AvgIpc) is 2.69. The molecule has 4 nitrogen and oxygen atoms in total. The molecule has 1 aromatic rings. The summed E-state index contributed by atoms with van der Waals surface area (Å²) >= 11 is 0. The van der Waals surface area contributed by atoms with Crippen LogP contribution in [0.2, 0.25) is 0 Å². The minimum atomic E-state index is -0.273. The lowest BCUT2D eigenvalue weighted by molar-refractivity contribution is -0.137. The van der Waals surface area contributed by atoms with E-state index in [-0.39, 0.29) is 11.9 Å². The van der Waals surface area contributed by atoms with Gasteiger partial charge in [-0.15, -0.1) is 0 Å². The maximum Gasteiger partial charge on any atom is 0.311 e. The monoisotopic (exact) mass is 432 g/mol. The number of rotatable bonds is 16. The van der Waals surface area contributed by atoms with E-state index in [1.54, 1.807) is 6.07 Å². The Kier molecular flexibility index (Phi) is 13.9. The average molecular weight is 433 g/mol. The second kappa shape index (κ2) is 15.9. The van der Waals surface area contributed by atoms with Crippen molar-refractivity contribution in [3.63, 3.8) is 0 Å². The van der Waals surface area contributed by atoms with Crippen molar-refractivity contribution in [2.75, 3.05) is 0 Å². The number of hydrogen-bond acceptors (Lipinski definition) is 4. The molecule has 0 unspecified atom stereocenters. The lowest BCUT2D eigenvalue weighted by Crippen LogP contribution is -2.12. The van der Waals surface area contributed by atoms with Crippen molar-refractivity contribution in [1.82, 2.24) is 0 Å². The molecule has 0 bridgehead atoms. The standard InChI is InChI=1S/C27H44O4/c1-6-7-8-9-10-15-23-18-19-24(30-26(28)16-11-13-21(2)3)25(20-23)31-27(29)17-12-14-22(4)5/h18-22H,6-17H2,1-5H3. The van der Waals surface area contributed by atoms with E-state index in [9.17, 15) is 9.59 Å². The number of aryl methyl sites for hydroxylation is 1. The van der Waals surface area contributed by atoms with Crippen LogP contribution < -0.4 is 9.47 Å². The van der Waals surface area contributed by atoms with Crippen molar-refractivity contribution in [1.29, 1.82) is 0 Å². The molecule has 0 aliphatic rings. The van der Waals surface area contributed by atoms with Crippen molar-refractivity contribution < 1.29 is 19.1 Å². The molecular formula is C27H44O4. The molecule has 4 heteroatoms. The summed E-state index contributed by atoms with van der Waals surface area (Å²) in [4.78, 5) is 24.6. The lowest BCUT2D eigenvalue weighted by Gasteiger charge is -2.13. The van der Waals surface area contributed by atoms with Crippen LogP contribution in [0, 0.1) is 11.8 Å². The van der Waals surface area contributed by atoms with Crippen LogP contribution in [-0.4, -0.2) is 11.9 Å². The Balaban J connectivity index is 2.76. The number of hydrogen-bond donors (Lipinski definition) is 0. The van der Waals surface area contributed by atoms with Gasteiger partial charge in [-0.1, -0.05) is 79.2 Å². The first-order valence-electron chi connectivity index (χ1n) is 12.4. The highest BCUT2D eigenvalue weighted by atomic mass is 16.6. The molecule has 1 aromatic carbocycles. The van der Waals surface area contributed by atoms with Crippen LogP contribution in [0.15, 0.2) is 18.2 Å². The maximum absolute atomic E-state index is 12.4. The molecule has 0 fully saturated rings. The Morgan fingerprint density at radius 3 is 1.84 bits per heavy atom. The molecule has 0 N–H and O–H groups in total. The SMILES string of the molecule is CCCCCCCc1ccc(OC(=O)CCCC(C)C)c(OC(=O)CCCC(C)C)c1. The van der Waals surface area contributed by atoms with E-state index >= 15 is 0 Å². The van der Waals surface area contributed by atoms with Gasteiger partial charge in [0.15, 0.2) is 11.5 Å². The number of benzene rings is 1. The van der Waals surface area contributed by atoms with Gasteiger partial charge in [0.2, 0.25) is 0 Å². The molecule has 0 radical (unpaired) electrons. The van der Waals surface area contributed by atoms with E-state index in [0.717, 1.165) is 44.1 Å². The fourth-order valence-corrected chi connectivity index (χ4v) is 3.46. The van der Waals surface area contributed by atoms with Crippen LogP contribution in [-0.2, 0) is 16.0 Å². The zero-order valence-corrected chi connectivity index (χ0v) is 20.5. The molecule has 0 aliphatic heterocycles. The van der Waals surface area contributed by atoms with E-state index in [1.165, 1.54) is 25.7 Å². The van der Waals surface area contributed by atoms with Gasteiger partial charge in [0, 0.05) is 12.8 Å². The third kappa shape index (κ3) is 13.2. The summed E-state index contributed by atoms with van der Waals surface area (Å²) in [5.41, 5.74) is 1.11. The summed E-state index contributed by atoms with van der Waals surface area (Å²) in [6.45, 7) is 10.8. The summed E-state index contributed by atoms with van der Waals surface area (Å²) in [6, 6.07) is 5.63. The molecule has 0 aliphatic carbocycles. The first-order valence-corrected chi connectivity index (χ1v) is 12.4. The molecule has 31 heavy (non-hydrogen) atoms. The Bertz CT molecular complexity index is 649. The summed E-state index contributed by atoms with van der Waals surface area (Å²) in [7, 11) is 0. The maximum atomic E-state index is 12.4. The predicted molar refractivity (Wildman–Crippen MR) is 128 cm³/mol. The third-order valence-electron chi connectivity index (χ3n) is 5.35. The molecule has 0 heterocycles. The molecule has 0 aromatic heterocycles. The van der Waals surface area contributed by atoms with Crippen LogP contribution in [0.25, 0.3) is 0 Å². The number of carbonyl (C=O) groups is 2. The topological polar surface area (TPSA) is 52.6 Å². The van der Waals surface area contributed by atoms with Crippen LogP contribution in [0.3, 0.4) is 0 Å². The van der Waals surface area contributed by atoms with Crippen LogP contribution >= 0.6 is 0 Å². The van der Waals surface area contributed by atoms with Crippen molar-refractivity contribution in [3.05, 3.63) is 23.8 Å². The minimum absolute atomic E-state index is 0.266. The number of esters is 2. The predicted octanol–water partition coefficient (Wildman–Crippen LogP) is 7.66. The Morgan fingerprint density at radius 1 is 0.742 bits per heavy atom. The first-order chi connectivity index (χ1) is 14.8. The summed E-state index contributed by atoms with van der Waals surface area (Å²) in [6.07, 6.45) is 11.3. The quantitative estimate of drug-likeness (QED) is 0.153. The van der Waals surface area contributed by atoms with E-state index in [1.807, 2.05) is 12.1 Å². The highest BCUT2D eigenvalue weighted by molar-refractivity contribution is 5.76. The Morgan fingerprint density at radius 2 is 1.29 bits per heavy atom. The van der Waals surface area contributed by atoms with Gasteiger partial charge in [-0.05, 0) is 55.2 Å². The number of carbonyl (C=O) groups excluding carboxylic acids is 2. The largest absolute Gasteiger partial charge is 0.423 e. The van der Waals surface area contributed by atoms with Gasteiger partial charge < -0.3 is 9.47 Å². The molecule has 0 atom stereocenters. The van der Waals surface area contributed by atoms with Crippen molar-refractivity contribution in [2.24, 2.45) is 11.8 Å². The molecule has 0 amide bonds.